The van der Waals surface area contributed by atoms with Crippen molar-refractivity contribution in [3.05, 3.63) is 40.9 Å². The highest BCUT2D eigenvalue weighted by molar-refractivity contribution is 9.10. The number of likely N-dealkylation sites (tertiary alicyclic amines) is 1. The van der Waals surface area contributed by atoms with E-state index in [1.165, 1.54) is 6.07 Å². The topological polar surface area (TPSA) is 87.6 Å². The van der Waals surface area contributed by atoms with Crippen LogP contribution in [-0.4, -0.2) is 51.7 Å². The molecule has 3 rings (SSSR count). The largest absolute Gasteiger partial charge is 0.486 e. The first kappa shape index (κ1) is 20.5. The summed E-state index contributed by atoms with van der Waals surface area (Å²) in [6.45, 7) is 3.89. The van der Waals surface area contributed by atoms with Crippen molar-refractivity contribution in [3.8, 4) is 5.75 Å². The first-order valence-electron chi connectivity index (χ1n) is 9.06. The van der Waals surface area contributed by atoms with E-state index in [-0.39, 0.29) is 17.8 Å². The molecule has 1 atom stereocenters. The Labute approximate surface area is 171 Å². The number of halogens is 2. The van der Waals surface area contributed by atoms with Crippen LogP contribution in [0.15, 0.2) is 35.1 Å². The van der Waals surface area contributed by atoms with Gasteiger partial charge in [0.05, 0.1) is 10.4 Å². The van der Waals surface area contributed by atoms with Crippen LogP contribution in [0.25, 0.3) is 0 Å². The molecule has 0 spiro atoms. The number of hydrogen-bond acceptors (Lipinski definition) is 6. The molecule has 1 unspecified atom stereocenters. The molecule has 7 nitrogen and oxygen atoms in total. The SMILES string of the molecule is CC(CN1CCC(C(=O)O)CC1)Oc1cc(Nc2ncc(Br)cn2)ccc1F. The van der Waals surface area contributed by atoms with Gasteiger partial charge < -0.3 is 15.2 Å². The number of rotatable bonds is 7. The number of nitrogens with zero attached hydrogens (tertiary/aromatic N) is 3. The molecule has 0 radical (unpaired) electrons. The zero-order chi connectivity index (χ0) is 20.1. The highest BCUT2D eigenvalue weighted by Crippen LogP contribution is 2.25. The van der Waals surface area contributed by atoms with Gasteiger partial charge in [-0.05, 0) is 60.9 Å². The average Bonchev–Trinajstić information content (AvgIpc) is 2.66. The second-order valence-corrected chi connectivity index (χ2v) is 7.75. The number of ether oxygens (including phenoxy) is 1. The van der Waals surface area contributed by atoms with E-state index in [2.05, 4.69) is 36.1 Å². The molecule has 1 aromatic carbocycles. The average molecular weight is 453 g/mol. The fourth-order valence-corrected chi connectivity index (χ4v) is 3.36. The Balaban J connectivity index is 1.57. The Morgan fingerprint density at radius 1 is 1.39 bits per heavy atom. The molecule has 9 heteroatoms. The van der Waals surface area contributed by atoms with Crippen molar-refractivity contribution < 1.29 is 19.0 Å². The summed E-state index contributed by atoms with van der Waals surface area (Å²) in [4.78, 5) is 21.5. The van der Waals surface area contributed by atoms with Gasteiger partial charge in [-0.2, -0.15) is 0 Å². The summed E-state index contributed by atoms with van der Waals surface area (Å²) in [5.41, 5.74) is 0.619. The lowest BCUT2D eigenvalue weighted by Crippen LogP contribution is -2.41. The first-order chi connectivity index (χ1) is 13.4. The van der Waals surface area contributed by atoms with Gasteiger partial charge in [0.1, 0.15) is 6.10 Å². The zero-order valence-electron chi connectivity index (χ0n) is 15.4. The minimum Gasteiger partial charge on any atom is -0.486 e. The zero-order valence-corrected chi connectivity index (χ0v) is 17.0. The van der Waals surface area contributed by atoms with E-state index in [1.54, 1.807) is 24.5 Å². The number of benzene rings is 1. The molecule has 0 aliphatic carbocycles. The summed E-state index contributed by atoms with van der Waals surface area (Å²) in [6, 6.07) is 4.50. The monoisotopic (exact) mass is 452 g/mol. The second-order valence-electron chi connectivity index (χ2n) is 6.84. The summed E-state index contributed by atoms with van der Waals surface area (Å²) in [7, 11) is 0. The second kappa shape index (κ2) is 9.29. The molecule has 1 saturated heterocycles. The quantitative estimate of drug-likeness (QED) is 0.661. The molecule has 28 heavy (non-hydrogen) atoms. The third-order valence-corrected chi connectivity index (χ3v) is 5.00. The van der Waals surface area contributed by atoms with Gasteiger partial charge >= 0.3 is 5.97 Å². The van der Waals surface area contributed by atoms with E-state index >= 15 is 0 Å². The maximum absolute atomic E-state index is 14.2. The van der Waals surface area contributed by atoms with Crippen molar-refractivity contribution in [2.24, 2.45) is 5.92 Å². The van der Waals surface area contributed by atoms with E-state index in [9.17, 15) is 9.18 Å². The van der Waals surface area contributed by atoms with E-state index in [0.29, 0.717) is 44.1 Å². The van der Waals surface area contributed by atoms with Crippen molar-refractivity contribution in [1.29, 1.82) is 0 Å². The van der Waals surface area contributed by atoms with E-state index in [4.69, 9.17) is 9.84 Å². The predicted molar refractivity (Wildman–Crippen MR) is 106 cm³/mol. The number of aliphatic carboxylic acids is 1. The van der Waals surface area contributed by atoms with Gasteiger partial charge in [0.25, 0.3) is 0 Å². The number of nitrogens with one attached hydrogen (secondary N) is 1. The molecule has 2 aromatic rings. The van der Waals surface area contributed by atoms with Gasteiger partial charge in [0.15, 0.2) is 11.6 Å². The minimum absolute atomic E-state index is 0.148. The van der Waals surface area contributed by atoms with Crippen LogP contribution in [0, 0.1) is 11.7 Å². The fourth-order valence-electron chi connectivity index (χ4n) is 3.16. The number of carboxylic acids is 1. The molecule has 1 aliphatic heterocycles. The van der Waals surface area contributed by atoms with Crippen LogP contribution in [-0.2, 0) is 4.79 Å². The van der Waals surface area contributed by atoms with Crippen molar-refractivity contribution in [2.45, 2.75) is 25.9 Å². The van der Waals surface area contributed by atoms with Crippen LogP contribution >= 0.6 is 15.9 Å². The Bertz CT molecular complexity index is 813. The predicted octanol–water partition coefficient (Wildman–Crippen LogP) is 3.69. The number of carboxylic acid groups (broad SMARTS) is 1. The summed E-state index contributed by atoms with van der Waals surface area (Å²) in [5.74, 6) is -0.901. The summed E-state index contributed by atoms with van der Waals surface area (Å²) >= 11 is 3.27. The first-order valence-corrected chi connectivity index (χ1v) is 9.86. The number of anilines is 2. The molecule has 2 heterocycles. The van der Waals surface area contributed by atoms with Crippen molar-refractivity contribution >= 4 is 33.5 Å². The highest BCUT2D eigenvalue weighted by Gasteiger charge is 2.25. The van der Waals surface area contributed by atoms with Gasteiger partial charge in [-0.3, -0.25) is 9.69 Å². The number of aromatic nitrogens is 2. The molecular formula is C19H22BrFN4O3. The van der Waals surface area contributed by atoms with E-state index < -0.39 is 11.8 Å². The van der Waals surface area contributed by atoms with Crippen LogP contribution in [0.4, 0.5) is 16.0 Å². The van der Waals surface area contributed by atoms with Crippen LogP contribution in [0.3, 0.4) is 0 Å². The molecule has 0 amide bonds. The molecule has 2 N–H and O–H groups in total. The van der Waals surface area contributed by atoms with Gasteiger partial charge in [-0.15, -0.1) is 0 Å². The van der Waals surface area contributed by atoms with Crippen molar-refractivity contribution in [3.63, 3.8) is 0 Å². The number of piperidine rings is 1. The number of carbonyl (C=O) groups is 1. The van der Waals surface area contributed by atoms with E-state index in [0.717, 1.165) is 4.47 Å². The van der Waals surface area contributed by atoms with Crippen LogP contribution < -0.4 is 10.1 Å². The van der Waals surface area contributed by atoms with Crippen LogP contribution in [0.1, 0.15) is 19.8 Å². The summed E-state index contributed by atoms with van der Waals surface area (Å²) in [6.07, 6.45) is 4.25. The standard InChI is InChI=1S/C19H22BrFN4O3/c1-12(11-25-6-4-13(5-7-25)18(26)27)28-17-8-15(2-3-16(17)21)24-19-22-9-14(20)10-23-19/h2-3,8-10,12-13H,4-7,11H2,1H3,(H,26,27)(H,22,23,24). The Morgan fingerprint density at radius 3 is 2.71 bits per heavy atom. The molecule has 1 aromatic heterocycles. The van der Waals surface area contributed by atoms with Gasteiger partial charge in [0.2, 0.25) is 5.95 Å². The van der Waals surface area contributed by atoms with Crippen LogP contribution in [0.2, 0.25) is 0 Å². The normalized spacial score (nSPS) is 16.5. The molecule has 1 aliphatic rings. The van der Waals surface area contributed by atoms with Gasteiger partial charge in [0, 0.05) is 30.7 Å². The third-order valence-electron chi connectivity index (χ3n) is 4.59. The van der Waals surface area contributed by atoms with Gasteiger partial charge in [-0.25, -0.2) is 14.4 Å². The lowest BCUT2D eigenvalue weighted by Gasteiger charge is -2.32. The Hall–Kier alpha value is -2.26. The molecule has 0 saturated carbocycles. The summed E-state index contributed by atoms with van der Waals surface area (Å²) < 4.78 is 20.7. The molecule has 1 fully saturated rings. The summed E-state index contributed by atoms with van der Waals surface area (Å²) in [5, 5.41) is 12.1. The fraction of sp³-hybridized carbons (Fsp3) is 0.421. The third kappa shape index (κ3) is 5.62. The highest BCUT2D eigenvalue weighted by atomic mass is 79.9. The Morgan fingerprint density at radius 2 is 2.07 bits per heavy atom. The lowest BCUT2D eigenvalue weighted by molar-refractivity contribution is -0.143. The van der Waals surface area contributed by atoms with Crippen molar-refractivity contribution in [1.82, 2.24) is 14.9 Å². The Kier molecular flexibility index (Phi) is 6.79. The van der Waals surface area contributed by atoms with Gasteiger partial charge in [-0.1, -0.05) is 0 Å². The number of hydrogen-bond donors (Lipinski definition) is 2. The van der Waals surface area contributed by atoms with E-state index in [1.807, 2.05) is 6.92 Å². The maximum atomic E-state index is 14.2. The lowest BCUT2D eigenvalue weighted by atomic mass is 9.97. The smallest absolute Gasteiger partial charge is 0.306 e. The molecular weight excluding hydrogens is 431 g/mol. The molecule has 0 bridgehead atoms. The molecule has 150 valence electrons. The minimum atomic E-state index is -0.731. The maximum Gasteiger partial charge on any atom is 0.306 e. The van der Waals surface area contributed by atoms with Crippen LogP contribution in [0.5, 0.6) is 5.75 Å². The van der Waals surface area contributed by atoms with Crippen molar-refractivity contribution in [2.75, 3.05) is 25.0 Å².